The van der Waals surface area contributed by atoms with Gasteiger partial charge in [0.1, 0.15) is 11.0 Å². The summed E-state index contributed by atoms with van der Waals surface area (Å²) in [4.78, 5) is 32.3. The van der Waals surface area contributed by atoms with Crippen molar-refractivity contribution in [2.24, 2.45) is 4.99 Å². The minimum Gasteiger partial charge on any atom is -0.495 e. The standard InChI is InChI=1S/C25H31N3O4S/c1-4-18-11-13-19(14-12-18)26-25-28(15-8-16-32-5-2)24(30)22(33-25)17-23(29)27-20-9-6-7-10-21(20)31-3/h6-7,9-14,22H,4-5,8,15-17H2,1-3H3,(H,27,29). The average Bonchev–Trinajstić information content (AvgIpc) is 3.11. The zero-order valence-corrected chi connectivity index (χ0v) is 20.2. The highest BCUT2D eigenvalue weighted by atomic mass is 32.2. The topological polar surface area (TPSA) is 80.2 Å². The molecule has 1 atom stereocenters. The summed E-state index contributed by atoms with van der Waals surface area (Å²) < 4.78 is 10.7. The number of aliphatic imine (C=N–C) groups is 1. The van der Waals surface area contributed by atoms with Crippen molar-refractivity contribution in [1.82, 2.24) is 4.90 Å². The molecule has 1 N–H and O–H groups in total. The molecule has 1 aliphatic rings. The van der Waals surface area contributed by atoms with Crippen LogP contribution in [0.3, 0.4) is 0 Å². The van der Waals surface area contributed by atoms with E-state index in [-0.39, 0.29) is 18.2 Å². The van der Waals surface area contributed by atoms with Crippen LogP contribution < -0.4 is 10.1 Å². The Labute approximate surface area is 199 Å². The largest absolute Gasteiger partial charge is 0.495 e. The highest BCUT2D eigenvalue weighted by Crippen LogP contribution is 2.32. The summed E-state index contributed by atoms with van der Waals surface area (Å²) in [6.07, 6.45) is 1.71. The lowest BCUT2D eigenvalue weighted by Gasteiger charge is -2.16. The van der Waals surface area contributed by atoms with E-state index in [1.54, 1.807) is 24.1 Å². The van der Waals surface area contributed by atoms with Crippen LogP contribution in [-0.2, 0) is 20.7 Å². The number of aryl methyl sites for hydroxylation is 1. The number of carbonyl (C=O) groups excluding carboxylic acids is 2. The van der Waals surface area contributed by atoms with Gasteiger partial charge in [-0.3, -0.25) is 14.5 Å². The molecule has 0 spiro atoms. The first-order valence-corrected chi connectivity index (χ1v) is 12.1. The molecule has 0 aromatic heterocycles. The molecule has 176 valence electrons. The number of thioether (sulfide) groups is 1. The SMILES string of the molecule is CCOCCCN1C(=O)C(CC(=O)Nc2ccccc2OC)SC1=Nc1ccc(CC)cc1. The number of benzene rings is 2. The molecule has 2 aromatic carbocycles. The van der Waals surface area contributed by atoms with Crippen molar-refractivity contribution in [1.29, 1.82) is 0 Å². The second-order valence-electron chi connectivity index (χ2n) is 7.51. The van der Waals surface area contributed by atoms with Crippen molar-refractivity contribution in [2.75, 3.05) is 32.2 Å². The van der Waals surface area contributed by atoms with Crippen LogP contribution in [-0.4, -0.2) is 54.0 Å². The molecule has 0 aliphatic carbocycles. The lowest BCUT2D eigenvalue weighted by Crippen LogP contribution is -2.34. The molecule has 1 aliphatic heterocycles. The molecule has 1 unspecified atom stereocenters. The number of para-hydroxylation sites is 2. The third kappa shape index (κ3) is 6.82. The third-order valence-corrected chi connectivity index (χ3v) is 6.39. The maximum atomic E-state index is 13.2. The van der Waals surface area contributed by atoms with Crippen molar-refractivity contribution < 1.29 is 19.1 Å². The van der Waals surface area contributed by atoms with E-state index < -0.39 is 5.25 Å². The van der Waals surface area contributed by atoms with Gasteiger partial charge in [-0.05, 0) is 49.6 Å². The van der Waals surface area contributed by atoms with Crippen LogP contribution in [0.25, 0.3) is 0 Å². The van der Waals surface area contributed by atoms with Gasteiger partial charge in [0.05, 0.1) is 18.5 Å². The fraction of sp³-hybridized carbons (Fsp3) is 0.400. The van der Waals surface area contributed by atoms with Crippen molar-refractivity contribution in [2.45, 2.75) is 38.4 Å². The van der Waals surface area contributed by atoms with Gasteiger partial charge in [0.2, 0.25) is 11.8 Å². The van der Waals surface area contributed by atoms with Gasteiger partial charge in [-0.15, -0.1) is 0 Å². The first-order chi connectivity index (χ1) is 16.0. The Morgan fingerprint density at radius 2 is 1.91 bits per heavy atom. The van der Waals surface area contributed by atoms with E-state index in [2.05, 4.69) is 12.2 Å². The number of carbonyl (C=O) groups is 2. The van der Waals surface area contributed by atoms with Crippen LogP contribution in [0, 0.1) is 0 Å². The van der Waals surface area contributed by atoms with Gasteiger partial charge in [-0.25, -0.2) is 4.99 Å². The monoisotopic (exact) mass is 469 g/mol. The molecule has 3 rings (SSSR count). The number of nitrogens with one attached hydrogen (secondary N) is 1. The zero-order chi connectivity index (χ0) is 23.6. The number of methoxy groups -OCH3 is 1. The Morgan fingerprint density at radius 1 is 1.15 bits per heavy atom. The fourth-order valence-electron chi connectivity index (χ4n) is 3.43. The Bertz CT molecular complexity index is 978. The smallest absolute Gasteiger partial charge is 0.242 e. The highest BCUT2D eigenvalue weighted by molar-refractivity contribution is 8.15. The molecular weight excluding hydrogens is 438 g/mol. The first-order valence-electron chi connectivity index (χ1n) is 11.2. The maximum Gasteiger partial charge on any atom is 0.242 e. The fourth-order valence-corrected chi connectivity index (χ4v) is 4.62. The van der Waals surface area contributed by atoms with E-state index in [0.717, 1.165) is 12.1 Å². The van der Waals surface area contributed by atoms with Gasteiger partial charge in [0, 0.05) is 26.2 Å². The molecule has 1 saturated heterocycles. The number of nitrogens with zero attached hydrogens (tertiary/aromatic N) is 2. The van der Waals surface area contributed by atoms with E-state index in [0.29, 0.717) is 42.8 Å². The Kier molecular flexibility index (Phi) is 9.33. The number of anilines is 1. The highest BCUT2D eigenvalue weighted by Gasteiger charge is 2.39. The minimum absolute atomic E-state index is 0.0529. The third-order valence-electron chi connectivity index (χ3n) is 5.22. The number of ether oxygens (including phenoxy) is 2. The van der Waals surface area contributed by atoms with Crippen LogP contribution in [0.2, 0.25) is 0 Å². The molecule has 1 fully saturated rings. The van der Waals surface area contributed by atoms with Crippen LogP contribution in [0.15, 0.2) is 53.5 Å². The summed E-state index contributed by atoms with van der Waals surface area (Å²) in [6.45, 7) is 5.76. The molecule has 33 heavy (non-hydrogen) atoms. The van der Waals surface area contributed by atoms with Gasteiger partial charge >= 0.3 is 0 Å². The zero-order valence-electron chi connectivity index (χ0n) is 19.4. The molecular formula is C25H31N3O4S. The van der Waals surface area contributed by atoms with Gasteiger partial charge in [-0.1, -0.05) is 43.0 Å². The maximum absolute atomic E-state index is 13.2. The van der Waals surface area contributed by atoms with E-state index >= 15 is 0 Å². The summed E-state index contributed by atoms with van der Waals surface area (Å²) in [6, 6.07) is 15.2. The summed E-state index contributed by atoms with van der Waals surface area (Å²) in [7, 11) is 1.55. The number of rotatable bonds is 11. The van der Waals surface area contributed by atoms with Crippen molar-refractivity contribution >= 4 is 40.1 Å². The summed E-state index contributed by atoms with van der Waals surface area (Å²) >= 11 is 1.34. The minimum atomic E-state index is -0.527. The number of amides is 2. The van der Waals surface area contributed by atoms with Crippen molar-refractivity contribution in [3.05, 3.63) is 54.1 Å². The van der Waals surface area contributed by atoms with Crippen molar-refractivity contribution in [3.63, 3.8) is 0 Å². The quantitative estimate of drug-likeness (QED) is 0.485. The van der Waals surface area contributed by atoms with E-state index in [1.807, 2.05) is 43.3 Å². The number of amidine groups is 1. The van der Waals surface area contributed by atoms with Crippen LogP contribution in [0.1, 0.15) is 32.3 Å². The first kappa shape index (κ1) is 24.8. The second-order valence-corrected chi connectivity index (χ2v) is 8.68. The second kappa shape index (κ2) is 12.4. The number of hydrogen-bond acceptors (Lipinski definition) is 6. The molecule has 0 bridgehead atoms. The van der Waals surface area contributed by atoms with Crippen LogP contribution in [0.5, 0.6) is 5.75 Å². The Hall–Kier alpha value is -2.84. The van der Waals surface area contributed by atoms with Gasteiger partial charge in [-0.2, -0.15) is 0 Å². The molecule has 1 heterocycles. The Balaban J connectivity index is 1.73. The van der Waals surface area contributed by atoms with Crippen LogP contribution >= 0.6 is 11.8 Å². The van der Waals surface area contributed by atoms with Gasteiger partial charge in [0.15, 0.2) is 5.17 Å². The van der Waals surface area contributed by atoms with E-state index in [1.165, 1.54) is 17.3 Å². The molecule has 0 radical (unpaired) electrons. The van der Waals surface area contributed by atoms with Gasteiger partial charge in [0.25, 0.3) is 0 Å². The average molecular weight is 470 g/mol. The summed E-state index contributed by atoms with van der Waals surface area (Å²) in [5.74, 6) is 0.232. The normalized spacial score (nSPS) is 16.9. The molecule has 7 nitrogen and oxygen atoms in total. The number of hydrogen-bond donors (Lipinski definition) is 1. The van der Waals surface area contributed by atoms with Gasteiger partial charge < -0.3 is 14.8 Å². The lowest BCUT2D eigenvalue weighted by molar-refractivity contribution is -0.128. The predicted octanol–water partition coefficient (Wildman–Crippen LogP) is 4.64. The molecule has 2 aromatic rings. The molecule has 2 amide bonds. The summed E-state index contributed by atoms with van der Waals surface area (Å²) in [5.41, 5.74) is 2.60. The predicted molar refractivity (Wildman–Crippen MR) is 133 cm³/mol. The lowest BCUT2D eigenvalue weighted by atomic mass is 10.2. The molecule has 0 saturated carbocycles. The van der Waals surface area contributed by atoms with Crippen LogP contribution in [0.4, 0.5) is 11.4 Å². The van der Waals surface area contributed by atoms with Crippen molar-refractivity contribution in [3.8, 4) is 5.75 Å². The molecule has 8 heteroatoms. The van der Waals surface area contributed by atoms with E-state index in [4.69, 9.17) is 14.5 Å². The summed E-state index contributed by atoms with van der Waals surface area (Å²) in [5, 5.41) is 2.95. The van der Waals surface area contributed by atoms with E-state index in [9.17, 15) is 9.59 Å². The Morgan fingerprint density at radius 3 is 2.61 bits per heavy atom.